The molecule has 1 rings (SSSR count). The summed E-state index contributed by atoms with van der Waals surface area (Å²) in [6.07, 6.45) is 1.13. The third-order valence-corrected chi connectivity index (χ3v) is 2.46. The van der Waals surface area contributed by atoms with Gasteiger partial charge >= 0.3 is 11.9 Å². The van der Waals surface area contributed by atoms with Crippen LogP contribution in [-0.4, -0.2) is 17.5 Å². The highest BCUT2D eigenvalue weighted by atomic mass is 16.6. The van der Waals surface area contributed by atoms with E-state index in [-0.39, 0.29) is 5.57 Å². The summed E-state index contributed by atoms with van der Waals surface area (Å²) in [5, 5.41) is 0. The lowest BCUT2D eigenvalue weighted by Crippen LogP contribution is -2.23. The summed E-state index contributed by atoms with van der Waals surface area (Å²) < 4.78 is 10.3. The van der Waals surface area contributed by atoms with E-state index >= 15 is 0 Å². The number of esters is 2. The van der Waals surface area contributed by atoms with Gasteiger partial charge < -0.3 is 15.2 Å². The van der Waals surface area contributed by atoms with Crippen LogP contribution in [0.25, 0.3) is 0 Å². The van der Waals surface area contributed by atoms with Crippen LogP contribution in [-0.2, 0) is 14.3 Å². The normalized spacial score (nSPS) is 12.0. The molecule has 5 nitrogen and oxygen atoms in total. The smallest absolute Gasteiger partial charge is 0.339 e. The number of nitrogen functional groups attached to an aromatic ring is 1. The second kappa shape index (κ2) is 6.43. The number of anilines is 1. The first kappa shape index (κ1) is 16.8. The Morgan fingerprint density at radius 1 is 1.24 bits per heavy atom. The monoisotopic (exact) mass is 291 g/mol. The topological polar surface area (TPSA) is 78.6 Å². The second-order valence-electron chi connectivity index (χ2n) is 5.78. The molecule has 5 heteroatoms. The van der Waals surface area contributed by atoms with Gasteiger partial charge in [-0.15, -0.1) is 0 Å². The lowest BCUT2D eigenvalue weighted by molar-refractivity contribution is -0.149. The Balaban J connectivity index is 2.77. The fourth-order valence-corrected chi connectivity index (χ4v) is 1.53. The molecule has 0 amide bonds. The lowest BCUT2D eigenvalue weighted by Gasteiger charge is -2.18. The fraction of sp³-hybridized carbons (Fsp3) is 0.375. The van der Waals surface area contributed by atoms with Crippen molar-refractivity contribution in [1.82, 2.24) is 0 Å². The number of benzene rings is 1. The maximum absolute atomic E-state index is 11.9. The minimum Gasteiger partial charge on any atom is -0.457 e. The molecule has 21 heavy (non-hydrogen) atoms. The molecule has 0 bridgehead atoms. The van der Waals surface area contributed by atoms with Gasteiger partial charge in [0.25, 0.3) is 0 Å². The number of carbonyl (C=O) groups is 2. The van der Waals surface area contributed by atoms with E-state index in [0.29, 0.717) is 11.4 Å². The van der Waals surface area contributed by atoms with Gasteiger partial charge in [0.2, 0.25) is 0 Å². The van der Waals surface area contributed by atoms with E-state index in [1.807, 2.05) is 0 Å². The van der Waals surface area contributed by atoms with Crippen molar-refractivity contribution in [3.63, 3.8) is 0 Å². The molecule has 0 saturated carbocycles. The number of aryl methyl sites for hydroxylation is 1. The van der Waals surface area contributed by atoms with Crippen molar-refractivity contribution in [3.8, 4) is 5.75 Å². The molecular weight excluding hydrogens is 270 g/mol. The zero-order valence-corrected chi connectivity index (χ0v) is 13.0. The SMILES string of the molecule is CC(=CC(=O)OC(C)(C)C)C(=O)Oc1ccc(N)cc1C. The first-order chi connectivity index (χ1) is 9.58. The molecule has 0 aliphatic carbocycles. The third kappa shape index (κ3) is 5.69. The quantitative estimate of drug-likeness (QED) is 0.401. The summed E-state index contributed by atoms with van der Waals surface area (Å²) in [6, 6.07) is 4.96. The summed E-state index contributed by atoms with van der Waals surface area (Å²) in [7, 11) is 0. The second-order valence-corrected chi connectivity index (χ2v) is 5.78. The average Bonchev–Trinajstić information content (AvgIpc) is 2.29. The minimum atomic E-state index is -0.606. The van der Waals surface area contributed by atoms with Crippen molar-refractivity contribution in [1.29, 1.82) is 0 Å². The molecule has 0 aliphatic rings. The van der Waals surface area contributed by atoms with Crippen LogP contribution in [0.2, 0.25) is 0 Å². The van der Waals surface area contributed by atoms with Gasteiger partial charge in [0, 0.05) is 17.3 Å². The Morgan fingerprint density at radius 2 is 1.86 bits per heavy atom. The first-order valence-electron chi connectivity index (χ1n) is 6.58. The average molecular weight is 291 g/mol. The van der Waals surface area contributed by atoms with Crippen LogP contribution in [0.15, 0.2) is 29.8 Å². The maximum atomic E-state index is 11.9. The van der Waals surface area contributed by atoms with Gasteiger partial charge in [-0.05, 0) is 58.4 Å². The first-order valence-corrected chi connectivity index (χ1v) is 6.58. The van der Waals surface area contributed by atoms with Crippen molar-refractivity contribution in [2.45, 2.75) is 40.2 Å². The Morgan fingerprint density at radius 3 is 2.38 bits per heavy atom. The van der Waals surface area contributed by atoms with Crippen molar-refractivity contribution >= 4 is 17.6 Å². The zero-order chi connectivity index (χ0) is 16.2. The number of hydrogen-bond acceptors (Lipinski definition) is 5. The molecule has 114 valence electrons. The van der Waals surface area contributed by atoms with Crippen molar-refractivity contribution in [2.24, 2.45) is 0 Å². The van der Waals surface area contributed by atoms with Crippen LogP contribution in [0.5, 0.6) is 5.75 Å². The van der Waals surface area contributed by atoms with Crippen LogP contribution in [0.3, 0.4) is 0 Å². The largest absolute Gasteiger partial charge is 0.457 e. The standard InChI is InChI=1S/C16H21NO4/c1-10-8-12(17)6-7-13(10)20-15(19)11(2)9-14(18)21-16(3,4)5/h6-9H,17H2,1-5H3. The number of nitrogens with two attached hydrogens (primary N) is 1. The minimum absolute atomic E-state index is 0.167. The predicted octanol–water partition coefficient (Wildman–Crippen LogP) is 2.77. The molecule has 0 atom stereocenters. The van der Waals surface area contributed by atoms with Gasteiger partial charge in [0.15, 0.2) is 0 Å². The van der Waals surface area contributed by atoms with E-state index in [2.05, 4.69) is 0 Å². The molecule has 0 aliphatic heterocycles. The van der Waals surface area contributed by atoms with E-state index in [0.717, 1.165) is 11.6 Å². The van der Waals surface area contributed by atoms with E-state index in [1.54, 1.807) is 45.9 Å². The Kier molecular flexibility index (Phi) is 5.13. The van der Waals surface area contributed by atoms with Gasteiger partial charge in [-0.2, -0.15) is 0 Å². The number of hydrogen-bond donors (Lipinski definition) is 1. The summed E-state index contributed by atoms with van der Waals surface area (Å²) in [4.78, 5) is 23.5. The van der Waals surface area contributed by atoms with E-state index in [9.17, 15) is 9.59 Å². The molecule has 0 heterocycles. The molecule has 2 N–H and O–H groups in total. The maximum Gasteiger partial charge on any atom is 0.339 e. The number of ether oxygens (including phenoxy) is 2. The van der Waals surface area contributed by atoms with Gasteiger partial charge in [-0.1, -0.05) is 0 Å². The lowest BCUT2D eigenvalue weighted by atomic mass is 10.2. The summed E-state index contributed by atoms with van der Waals surface area (Å²) in [5.41, 5.74) is 6.53. The van der Waals surface area contributed by atoms with Crippen LogP contribution in [0.4, 0.5) is 5.69 Å². The van der Waals surface area contributed by atoms with Gasteiger partial charge in [0.05, 0.1) is 0 Å². The Labute approximate surface area is 124 Å². The van der Waals surface area contributed by atoms with Crippen molar-refractivity contribution < 1.29 is 19.1 Å². The fourth-order valence-electron chi connectivity index (χ4n) is 1.53. The molecule has 0 fully saturated rings. The highest BCUT2D eigenvalue weighted by molar-refractivity contribution is 5.97. The molecule has 1 aromatic carbocycles. The molecule has 0 aromatic heterocycles. The van der Waals surface area contributed by atoms with Crippen LogP contribution < -0.4 is 10.5 Å². The zero-order valence-electron chi connectivity index (χ0n) is 13.0. The number of rotatable bonds is 3. The van der Waals surface area contributed by atoms with Crippen LogP contribution in [0.1, 0.15) is 33.3 Å². The highest BCUT2D eigenvalue weighted by Gasteiger charge is 2.17. The predicted molar refractivity (Wildman–Crippen MR) is 80.8 cm³/mol. The molecule has 0 unspecified atom stereocenters. The van der Waals surface area contributed by atoms with E-state index < -0.39 is 17.5 Å². The van der Waals surface area contributed by atoms with E-state index in [4.69, 9.17) is 15.2 Å². The van der Waals surface area contributed by atoms with Crippen molar-refractivity contribution in [3.05, 3.63) is 35.4 Å². The molecule has 0 spiro atoms. The summed E-state index contributed by atoms with van der Waals surface area (Å²) in [5.74, 6) is -0.772. The molecule has 0 saturated heterocycles. The van der Waals surface area contributed by atoms with Crippen molar-refractivity contribution in [2.75, 3.05) is 5.73 Å². The van der Waals surface area contributed by atoms with Gasteiger partial charge in [-0.3, -0.25) is 0 Å². The summed E-state index contributed by atoms with van der Waals surface area (Å²) >= 11 is 0. The Hall–Kier alpha value is -2.30. The highest BCUT2D eigenvalue weighted by Crippen LogP contribution is 2.21. The van der Waals surface area contributed by atoms with Crippen LogP contribution >= 0.6 is 0 Å². The molecular formula is C16H21NO4. The molecule has 1 aromatic rings. The summed E-state index contributed by atoms with van der Waals surface area (Å²) in [6.45, 7) is 8.54. The molecule has 0 radical (unpaired) electrons. The van der Waals surface area contributed by atoms with Gasteiger partial charge in [-0.25, -0.2) is 9.59 Å². The number of carbonyl (C=O) groups excluding carboxylic acids is 2. The van der Waals surface area contributed by atoms with Gasteiger partial charge in [0.1, 0.15) is 11.4 Å². The third-order valence-electron chi connectivity index (χ3n) is 2.46. The van der Waals surface area contributed by atoms with Crippen LogP contribution in [0, 0.1) is 6.92 Å². The van der Waals surface area contributed by atoms with E-state index in [1.165, 1.54) is 6.92 Å². The Bertz CT molecular complexity index is 582.